The predicted molar refractivity (Wildman–Crippen MR) is 135 cm³/mol. The Bertz CT molecular complexity index is 1250. The number of nitrogens with zero attached hydrogens (tertiary/aromatic N) is 2. The first-order chi connectivity index (χ1) is 16.7. The maximum Gasteiger partial charge on any atom is 0.303 e. The van der Waals surface area contributed by atoms with Gasteiger partial charge >= 0.3 is 5.97 Å². The second kappa shape index (κ2) is 12.1. The van der Waals surface area contributed by atoms with Crippen LogP contribution in [0.4, 0.5) is 16.5 Å². The Balaban J connectivity index is 1.63. The number of amides is 2. The van der Waals surface area contributed by atoms with E-state index in [4.69, 9.17) is 5.11 Å². The van der Waals surface area contributed by atoms with Crippen molar-refractivity contribution in [2.24, 2.45) is 0 Å². The molecule has 0 saturated carbocycles. The van der Waals surface area contributed by atoms with E-state index < -0.39 is 22.0 Å². The molecule has 35 heavy (non-hydrogen) atoms. The lowest BCUT2D eigenvalue weighted by atomic mass is 10.1. The molecule has 0 radical (unpaired) electrons. The third-order valence-electron chi connectivity index (χ3n) is 4.71. The van der Waals surface area contributed by atoms with E-state index in [2.05, 4.69) is 15.6 Å². The molecule has 0 saturated heterocycles. The van der Waals surface area contributed by atoms with Gasteiger partial charge in [0.25, 0.3) is 5.69 Å². The number of hydrogen-bond acceptors (Lipinski definition) is 8. The number of aromatic nitrogens is 1. The number of non-ortho nitro benzene ring substituents is 1. The first-order valence-electron chi connectivity index (χ1n) is 10.5. The second-order valence-corrected chi connectivity index (χ2v) is 9.45. The lowest BCUT2D eigenvalue weighted by Crippen LogP contribution is -2.24. The molecule has 0 bridgehead atoms. The van der Waals surface area contributed by atoms with Crippen LogP contribution in [0.3, 0.4) is 0 Å². The van der Waals surface area contributed by atoms with Crippen LogP contribution in [0.1, 0.15) is 26.2 Å². The van der Waals surface area contributed by atoms with Crippen LogP contribution < -0.4 is 10.6 Å². The standard InChI is InChI=1S/C23H22N4O6S2/c1-2-19(35-17-8-4-6-15(12-17)24-20(28)9-10-21(29)30)22(31)26-23-25-18(13-34-23)14-5-3-7-16(11-14)27(32)33/h3-8,11-13,19H,2,9-10H2,1H3,(H,24,28)(H,29,30)(H,25,26,31). The average molecular weight is 515 g/mol. The highest BCUT2D eigenvalue weighted by atomic mass is 32.2. The number of benzene rings is 2. The Morgan fingerprint density at radius 1 is 1.14 bits per heavy atom. The molecule has 182 valence electrons. The number of nitrogens with one attached hydrogen (secondary N) is 2. The van der Waals surface area contributed by atoms with Crippen molar-refractivity contribution in [1.82, 2.24) is 4.98 Å². The fourth-order valence-electron chi connectivity index (χ4n) is 3.01. The van der Waals surface area contributed by atoms with E-state index in [1.807, 2.05) is 13.0 Å². The lowest BCUT2D eigenvalue weighted by Gasteiger charge is -2.14. The summed E-state index contributed by atoms with van der Waals surface area (Å²) in [5.41, 5.74) is 1.59. The molecule has 10 nitrogen and oxygen atoms in total. The summed E-state index contributed by atoms with van der Waals surface area (Å²) in [6.45, 7) is 1.88. The van der Waals surface area contributed by atoms with Gasteiger partial charge in [-0.05, 0) is 24.6 Å². The minimum atomic E-state index is -1.04. The SMILES string of the molecule is CCC(Sc1cccc(NC(=O)CCC(=O)O)c1)C(=O)Nc1nc(-c2cccc([N+](=O)[O-])c2)cs1. The zero-order valence-electron chi connectivity index (χ0n) is 18.6. The fourth-order valence-corrected chi connectivity index (χ4v) is 4.74. The van der Waals surface area contributed by atoms with Crippen molar-refractivity contribution in [2.45, 2.75) is 36.3 Å². The van der Waals surface area contributed by atoms with Crippen molar-refractivity contribution in [2.75, 3.05) is 10.6 Å². The number of carboxylic acid groups (broad SMARTS) is 1. The summed E-state index contributed by atoms with van der Waals surface area (Å²) in [4.78, 5) is 51.1. The first-order valence-corrected chi connectivity index (χ1v) is 12.3. The van der Waals surface area contributed by atoms with Gasteiger partial charge in [-0.3, -0.25) is 24.5 Å². The first kappa shape index (κ1) is 25.8. The summed E-state index contributed by atoms with van der Waals surface area (Å²) in [6.07, 6.45) is 0.158. The van der Waals surface area contributed by atoms with Gasteiger partial charge in [-0.1, -0.05) is 25.1 Å². The van der Waals surface area contributed by atoms with Gasteiger partial charge in [0.1, 0.15) is 0 Å². The molecule has 1 heterocycles. The summed E-state index contributed by atoms with van der Waals surface area (Å²) in [5.74, 6) is -1.69. The number of aliphatic carboxylic acids is 1. The number of rotatable bonds is 11. The fraction of sp³-hybridized carbons (Fsp3) is 0.217. The molecule has 1 atom stereocenters. The van der Waals surface area contributed by atoms with E-state index in [0.29, 0.717) is 28.5 Å². The highest BCUT2D eigenvalue weighted by molar-refractivity contribution is 8.00. The van der Waals surface area contributed by atoms with Gasteiger partial charge in [-0.2, -0.15) is 0 Å². The zero-order valence-corrected chi connectivity index (χ0v) is 20.2. The van der Waals surface area contributed by atoms with Gasteiger partial charge < -0.3 is 15.7 Å². The molecule has 3 N–H and O–H groups in total. The zero-order chi connectivity index (χ0) is 25.4. The average Bonchev–Trinajstić information content (AvgIpc) is 3.30. The minimum Gasteiger partial charge on any atom is -0.481 e. The van der Waals surface area contributed by atoms with E-state index in [9.17, 15) is 24.5 Å². The Morgan fingerprint density at radius 2 is 1.91 bits per heavy atom. The number of carboxylic acids is 1. The number of carbonyl (C=O) groups excluding carboxylic acids is 2. The maximum absolute atomic E-state index is 12.9. The van der Waals surface area contributed by atoms with Crippen LogP contribution in [0.15, 0.2) is 58.8 Å². The molecule has 0 aliphatic heterocycles. The largest absolute Gasteiger partial charge is 0.481 e. The van der Waals surface area contributed by atoms with Gasteiger partial charge in [0.05, 0.1) is 22.3 Å². The molecule has 0 fully saturated rings. The van der Waals surface area contributed by atoms with Gasteiger partial charge in [-0.15, -0.1) is 23.1 Å². The van der Waals surface area contributed by atoms with E-state index in [1.165, 1.54) is 35.2 Å². The molecule has 2 aromatic carbocycles. The Morgan fingerprint density at radius 3 is 2.63 bits per heavy atom. The van der Waals surface area contributed by atoms with Crippen molar-refractivity contribution in [1.29, 1.82) is 0 Å². The highest BCUT2D eigenvalue weighted by Crippen LogP contribution is 2.31. The Hall–Kier alpha value is -3.77. The summed E-state index contributed by atoms with van der Waals surface area (Å²) >= 11 is 2.55. The van der Waals surface area contributed by atoms with Crippen LogP contribution in [0.25, 0.3) is 11.3 Å². The van der Waals surface area contributed by atoms with Crippen LogP contribution in [-0.2, 0) is 14.4 Å². The summed E-state index contributed by atoms with van der Waals surface area (Å²) in [6, 6.07) is 13.1. The highest BCUT2D eigenvalue weighted by Gasteiger charge is 2.20. The minimum absolute atomic E-state index is 0.0381. The molecular formula is C23H22N4O6S2. The van der Waals surface area contributed by atoms with Crippen LogP contribution in [0.5, 0.6) is 0 Å². The molecule has 0 aliphatic rings. The van der Waals surface area contributed by atoms with E-state index in [0.717, 1.165) is 4.90 Å². The smallest absolute Gasteiger partial charge is 0.303 e. The molecule has 2 amide bonds. The predicted octanol–water partition coefficient (Wildman–Crippen LogP) is 5.03. The number of hydrogen-bond donors (Lipinski definition) is 3. The number of thiazole rings is 1. The van der Waals surface area contributed by atoms with Crippen LogP contribution >= 0.6 is 23.1 Å². The number of carbonyl (C=O) groups is 3. The van der Waals surface area contributed by atoms with Crippen molar-refractivity contribution in [3.8, 4) is 11.3 Å². The lowest BCUT2D eigenvalue weighted by molar-refractivity contribution is -0.384. The normalized spacial score (nSPS) is 11.5. The van der Waals surface area contributed by atoms with Gasteiger partial charge in [-0.25, -0.2) is 4.98 Å². The molecule has 3 rings (SSSR count). The molecular weight excluding hydrogens is 492 g/mol. The third-order valence-corrected chi connectivity index (χ3v) is 6.83. The summed E-state index contributed by atoms with van der Waals surface area (Å²) in [5, 5.41) is 26.8. The second-order valence-electron chi connectivity index (χ2n) is 7.32. The van der Waals surface area contributed by atoms with E-state index in [-0.39, 0.29) is 24.4 Å². The van der Waals surface area contributed by atoms with Crippen LogP contribution in [-0.4, -0.2) is 38.0 Å². The molecule has 0 spiro atoms. The van der Waals surface area contributed by atoms with Crippen molar-refractivity contribution >= 4 is 57.4 Å². The maximum atomic E-state index is 12.9. The van der Waals surface area contributed by atoms with E-state index in [1.54, 1.807) is 35.7 Å². The van der Waals surface area contributed by atoms with Crippen molar-refractivity contribution in [3.05, 3.63) is 64.0 Å². The molecule has 0 aliphatic carbocycles. The van der Waals surface area contributed by atoms with E-state index >= 15 is 0 Å². The van der Waals surface area contributed by atoms with Crippen LogP contribution in [0, 0.1) is 10.1 Å². The summed E-state index contributed by atoms with van der Waals surface area (Å²) < 4.78 is 0. The number of anilines is 2. The molecule has 1 unspecified atom stereocenters. The van der Waals surface area contributed by atoms with Crippen LogP contribution in [0.2, 0.25) is 0 Å². The van der Waals surface area contributed by atoms with Gasteiger partial charge in [0.15, 0.2) is 5.13 Å². The topological polar surface area (TPSA) is 152 Å². The number of thioether (sulfide) groups is 1. The monoisotopic (exact) mass is 514 g/mol. The quantitative estimate of drug-likeness (QED) is 0.183. The Labute approximate surface area is 208 Å². The summed E-state index contributed by atoms with van der Waals surface area (Å²) in [7, 11) is 0. The third kappa shape index (κ3) is 7.62. The molecule has 1 aromatic heterocycles. The molecule has 3 aromatic rings. The van der Waals surface area contributed by atoms with Gasteiger partial charge in [0, 0.05) is 40.1 Å². The molecule has 12 heteroatoms. The van der Waals surface area contributed by atoms with Crippen molar-refractivity contribution in [3.63, 3.8) is 0 Å². The van der Waals surface area contributed by atoms with Gasteiger partial charge in [0.2, 0.25) is 11.8 Å². The Kier molecular flexibility index (Phi) is 8.92. The number of nitro benzene ring substituents is 1. The number of nitro groups is 1. The van der Waals surface area contributed by atoms with Crippen molar-refractivity contribution < 1.29 is 24.4 Å².